The number of unbranched alkanes of at least 4 members (excludes halogenated alkanes) is 2. The second kappa shape index (κ2) is 8.02. The van der Waals surface area contributed by atoms with Crippen molar-refractivity contribution in [3.8, 4) is 0 Å². The van der Waals surface area contributed by atoms with E-state index in [0.29, 0.717) is 0 Å². The average Bonchev–Trinajstić information content (AvgIpc) is 2.01. The molecule has 2 heteroatoms. The number of aliphatic hydroxyl groups excluding tert-OH is 1. The number of hydrogen-bond acceptors (Lipinski definition) is 2. The van der Waals surface area contributed by atoms with Crippen molar-refractivity contribution in [3.05, 3.63) is 0 Å². The lowest BCUT2D eigenvalue weighted by atomic mass is 10.1. The molecule has 0 fully saturated rings. The van der Waals surface area contributed by atoms with Crippen molar-refractivity contribution in [1.29, 1.82) is 0 Å². The van der Waals surface area contributed by atoms with E-state index in [2.05, 4.69) is 19.2 Å². The van der Waals surface area contributed by atoms with Gasteiger partial charge in [-0.3, -0.25) is 0 Å². The lowest BCUT2D eigenvalue weighted by Gasteiger charge is -2.09. The molecule has 11 heavy (non-hydrogen) atoms. The Morgan fingerprint density at radius 3 is 2.55 bits per heavy atom. The van der Waals surface area contributed by atoms with Crippen molar-refractivity contribution in [2.75, 3.05) is 13.1 Å². The first-order valence-corrected chi connectivity index (χ1v) is 4.70. The van der Waals surface area contributed by atoms with Crippen LogP contribution in [-0.4, -0.2) is 24.3 Å². The Bertz CT molecular complexity index is 76.0. The molecule has 1 atom stereocenters. The molecular weight excluding hydrogens is 138 g/mol. The fourth-order valence-electron chi connectivity index (χ4n) is 1.04. The highest BCUT2D eigenvalue weighted by atomic mass is 16.3. The van der Waals surface area contributed by atoms with Crippen LogP contribution < -0.4 is 5.32 Å². The van der Waals surface area contributed by atoms with Gasteiger partial charge in [0.1, 0.15) is 0 Å². The van der Waals surface area contributed by atoms with E-state index in [1.54, 1.807) is 0 Å². The Morgan fingerprint density at radius 2 is 2.00 bits per heavy atom. The highest BCUT2D eigenvalue weighted by Crippen LogP contribution is 2.01. The molecule has 2 nitrogen and oxygen atoms in total. The molecule has 0 aliphatic rings. The molecule has 0 amide bonds. The van der Waals surface area contributed by atoms with Gasteiger partial charge in [0.15, 0.2) is 0 Å². The summed E-state index contributed by atoms with van der Waals surface area (Å²) in [5.41, 5.74) is 0. The van der Waals surface area contributed by atoms with E-state index in [0.717, 1.165) is 25.9 Å². The number of nitrogens with one attached hydrogen (secondary N) is 1. The SMILES string of the molecule is CCCCCC(O)CNCC. The molecule has 0 aliphatic carbocycles. The first-order valence-electron chi connectivity index (χ1n) is 4.70. The van der Waals surface area contributed by atoms with Crippen LogP contribution in [0.2, 0.25) is 0 Å². The van der Waals surface area contributed by atoms with E-state index in [4.69, 9.17) is 0 Å². The standard InChI is InChI=1S/C9H21NO/c1-3-5-6-7-9(11)8-10-4-2/h9-11H,3-8H2,1-2H3. The Labute approximate surface area is 70.0 Å². The van der Waals surface area contributed by atoms with Crippen LogP contribution in [0.5, 0.6) is 0 Å². The minimum atomic E-state index is -0.138. The summed E-state index contributed by atoms with van der Waals surface area (Å²) in [5.74, 6) is 0. The van der Waals surface area contributed by atoms with Crippen LogP contribution in [0.15, 0.2) is 0 Å². The molecular formula is C9H21NO. The van der Waals surface area contributed by atoms with Crippen molar-refractivity contribution < 1.29 is 5.11 Å². The largest absolute Gasteiger partial charge is 0.392 e. The van der Waals surface area contributed by atoms with Gasteiger partial charge in [-0.1, -0.05) is 33.1 Å². The molecule has 0 spiro atoms. The van der Waals surface area contributed by atoms with Gasteiger partial charge in [0.2, 0.25) is 0 Å². The van der Waals surface area contributed by atoms with Crippen LogP contribution in [0.25, 0.3) is 0 Å². The number of rotatable bonds is 7. The maximum absolute atomic E-state index is 9.34. The van der Waals surface area contributed by atoms with E-state index >= 15 is 0 Å². The van der Waals surface area contributed by atoms with Gasteiger partial charge in [0.05, 0.1) is 6.10 Å². The van der Waals surface area contributed by atoms with Gasteiger partial charge in [0, 0.05) is 6.54 Å². The van der Waals surface area contributed by atoms with Gasteiger partial charge in [-0.25, -0.2) is 0 Å². The highest BCUT2D eigenvalue weighted by Gasteiger charge is 2.00. The molecule has 0 aromatic carbocycles. The quantitative estimate of drug-likeness (QED) is 0.552. The van der Waals surface area contributed by atoms with Crippen LogP contribution in [-0.2, 0) is 0 Å². The molecule has 0 bridgehead atoms. The van der Waals surface area contributed by atoms with Gasteiger partial charge in [-0.2, -0.15) is 0 Å². The summed E-state index contributed by atoms with van der Waals surface area (Å²) < 4.78 is 0. The Balaban J connectivity index is 3.02. The summed E-state index contributed by atoms with van der Waals surface area (Å²) in [7, 11) is 0. The predicted molar refractivity (Wildman–Crippen MR) is 48.7 cm³/mol. The van der Waals surface area contributed by atoms with Crippen LogP contribution in [0.4, 0.5) is 0 Å². The molecule has 0 saturated heterocycles. The van der Waals surface area contributed by atoms with Crippen molar-refractivity contribution in [1.82, 2.24) is 5.32 Å². The summed E-state index contributed by atoms with van der Waals surface area (Å²) in [6.45, 7) is 5.93. The first-order chi connectivity index (χ1) is 5.31. The van der Waals surface area contributed by atoms with Crippen molar-refractivity contribution in [2.24, 2.45) is 0 Å². The third kappa shape index (κ3) is 7.82. The van der Waals surface area contributed by atoms with Crippen molar-refractivity contribution >= 4 is 0 Å². The van der Waals surface area contributed by atoms with Crippen molar-refractivity contribution in [2.45, 2.75) is 45.6 Å². The lowest BCUT2D eigenvalue weighted by Crippen LogP contribution is -2.26. The number of hydrogen-bond donors (Lipinski definition) is 2. The molecule has 0 aliphatic heterocycles. The zero-order chi connectivity index (χ0) is 8.53. The van der Waals surface area contributed by atoms with Gasteiger partial charge >= 0.3 is 0 Å². The molecule has 1 unspecified atom stereocenters. The molecule has 0 radical (unpaired) electrons. The topological polar surface area (TPSA) is 32.3 Å². The Kier molecular flexibility index (Phi) is 7.96. The molecule has 68 valence electrons. The fourth-order valence-corrected chi connectivity index (χ4v) is 1.04. The Morgan fingerprint density at radius 1 is 1.27 bits per heavy atom. The molecule has 0 aromatic rings. The van der Waals surface area contributed by atoms with Crippen LogP contribution in [0.3, 0.4) is 0 Å². The fraction of sp³-hybridized carbons (Fsp3) is 1.00. The van der Waals surface area contributed by atoms with Crippen LogP contribution in [0.1, 0.15) is 39.5 Å². The first kappa shape index (κ1) is 10.9. The van der Waals surface area contributed by atoms with E-state index < -0.39 is 0 Å². The molecule has 0 aromatic heterocycles. The lowest BCUT2D eigenvalue weighted by molar-refractivity contribution is 0.159. The number of likely N-dealkylation sites (N-methyl/N-ethyl adjacent to an activating group) is 1. The van der Waals surface area contributed by atoms with E-state index in [9.17, 15) is 5.11 Å². The summed E-state index contributed by atoms with van der Waals surface area (Å²) >= 11 is 0. The van der Waals surface area contributed by atoms with Gasteiger partial charge in [-0.05, 0) is 13.0 Å². The van der Waals surface area contributed by atoms with Gasteiger partial charge in [0.25, 0.3) is 0 Å². The summed E-state index contributed by atoms with van der Waals surface area (Å²) in [4.78, 5) is 0. The summed E-state index contributed by atoms with van der Waals surface area (Å²) in [5, 5.41) is 12.5. The van der Waals surface area contributed by atoms with Gasteiger partial charge < -0.3 is 10.4 Å². The van der Waals surface area contributed by atoms with Crippen LogP contribution >= 0.6 is 0 Å². The minimum Gasteiger partial charge on any atom is -0.392 e. The third-order valence-corrected chi connectivity index (χ3v) is 1.77. The zero-order valence-corrected chi connectivity index (χ0v) is 7.77. The molecule has 2 N–H and O–H groups in total. The minimum absolute atomic E-state index is 0.138. The second-order valence-electron chi connectivity index (χ2n) is 2.96. The summed E-state index contributed by atoms with van der Waals surface area (Å²) in [6.07, 6.45) is 4.43. The Hall–Kier alpha value is -0.0800. The zero-order valence-electron chi connectivity index (χ0n) is 7.77. The van der Waals surface area contributed by atoms with E-state index in [-0.39, 0.29) is 6.10 Å². The van der Waals surface area contributed by atoms with E-state index in [1.165, 1.54) is 12.8 Å². The molecule has 0 heterocycles. The van der Waals surface area contributed by atoms with Crippen LogP contribution in [0, 0.1) is 0 Å². The predicted octanol–water partition coefficient (Wildman–Crippen LogP) is 1.54. The molecule has 0 rings (SSSR count). The number of aliphatic hydroxyl groups is 1. The summed E-state index contributed by atoms with van der Waals surface area (Å²) in [6, 6.07) is 0. The normalized spacial score (nSPS) is 13.4. The monoisotopic (exact) mass is 159 g/mol. The smallest absolute Gasteiger partial charge is 0.0664 e. The molecule has 0 saturated carbocycles. The third-order valence-electron chi connectivity index (χ3n) is 1.77. The van der Waals surface area contributed by atoms with Gasteiger partial charge in [-0.15, -0.1) is 0 Å². The van der Waals surface area contributed by atoms with Crippen molar-refractivity contribution in [3.63, 3.8) is 0 Å². The average molecular weight is 159 g/mol. The second-order valence-corrected chi connectivity index (χ2v) is 2.96. The maximum atomic E-state index is 9.34. The highest BCUT2D eigenvalue weighted by molar-refractivity contribution is 4.58. The maximum Gasteiger partial charge on any atom is 0.0664 e. The van der Waals surface area contributed by atoms with E-state index in [1.807, 2.05) is 0 Å².